The molecule has 0 spiro atoms. The molecule has 0 unspecified atom stereocenters. The van der Waals surface area contributed by atoms with Crippen molar-refractivity contribution in [3.05, 3.63) is 58.8 Å². The van der Waals surface area contributed by atoms with Gasteiger partial charge in [-0.25, -0.2) is 0 Å². The molecule has 1 fully saturated rings. The van der Waals surface area contributed by atoms with E-state index in [0.717, 1.165) is 31.2 Å². The highest BCUT2D eigenvalue weighted by atomic mass is 16.5. The van der Waals surface area contributed by atoms with Gasteiger partial charge in [0.05, 0.1) is 0 Å². The number of phenols is 1. The summed E-state index contributed by atoms with van der Waals surface area (Å²) in [6.07, 6.45) is 5.47. The van der Waals surface area contributed by atoms with Crippen molar-refractivity contribution in [3.8, 4) is 22.8 Å². The summed E-state index contributed by atoms with van der Waals surface area (Å²) in [6, 6.07) is 13.7. The predicted molar refractivity (Wildman–Crippen MR) is 110 cm³/mol. The number of fused-ring (bicyclic) bond motifs is 1. The molecule has 1 aliphatic rings. The molecule has 4 rings (SSSR count). The predicted octanol–water partition coefficient (Wildman–Crippen LogP) is 3.99. The van der Waals surface area contributed by atoms with Gasteiger partial charge >= 0.3 is 0 Å². The van der Waals surface area contributed by atoms with Crippen molar-refractivity contribution < 1.29 is 19.1 Å². The first kappa shape index (κ1) is 19.1. The van der Waals surface area contributed by atoms with E-state index < -0.39 is 0 Å². The first-order valence-electron chi connectivity index (χ1n) is 9.88. The van der Waals surface area contributed by atoms with Gasteiger partial charge in [-0.2, -0.15) is 0 Å². The summed E-state index contributed by atoms with van der Waals surface area (Å²) in [5.41, 5.74) is 0.618. The Kier molecular flexibility index (Phi) is 5.51. The molecule has 1 aromatic heterocycles. The summed E-state index contributed by atoms with van der Waals surface area (Å²) in [5, 5.41) is 13.3. The number of hydrogen-bond acceptors (Lipinski definition) is 5. The molecule has 2 aromatic carbocycles. The van der Waals surface area contributed by atoms with Gasteiger partial charge in [-0.05, 0) is 12.8 Å². The van der Waals surface area contributed by atoms with Crippen molar-refractivity contribution in [1.29, 1.82) is 0 Å². The van der Waals surface area contributed by atoms with E-state index in [1.54, 1.807) is 0 Å². The largest absolute Gasteiger partial charge is 0.507 e. The van der Waals surface area contributed by atoms with Crippen LogP contribution in [0.15, 0.2) is 57.7 Å². The Morgan fingerprint density at radius 2 is 1.86 bits per heavy atom. The van der Waals surface area contributed by atoms with Gasteiger partial charge in [0.2, 0.25) is 0 Å². The number of carbonyl (C=O) groups excluding carboxylic acids is 1. The molecule has 29 heavy (non-hydrogen) atoms. The van der Waals surface area contributed by atoms with Crippen molar-refractivity contribution in [2.75, 3.05) is 6.61 Å². The summed E-state index contributed by atoms with van der Waals surface area (Å²) in [4.78, 5) is 24.6. The lowest BCUT2D eigenvalue weighted by Crippen LogP contribution is -2.38. The summed E-state index contributed by atoms with van der Waals surface area (Å²) < 4.78 is 11.4. The molecule has 0 radical (unpaired) electrons. The van der Waals surface area contributed by atoms with Crippen LogP contribution >= 0.6 is 0 Å². The van der Waals surface area contributed by atoms with Gasteiger partial charge in [-0.15, -0.1) is 0 Å². The van der Waals surface area contributed by atoms with Gasteiger partial charge in [0, 0.05) is 29.8 Å². The number of aromatic hydroxyl groups is 1. The molecule has 6 heteroatoms. The molecule has 0 bridgehead atoms. The van der Waals surface area contributed by atoms with Crippen LogP contribution in [0, 0.1) is 0 Å². The van der Waals surface area contributed by atoms with Gasteiger partial charge < -0.3 is 19.6 Å². The highest BCUT2D eigenvalue weighted by molar-refractivity contribution is 5.86. The fraction of sp³-hybridized carbons (Fsp3) is 0.304. The van der Waals surface area contributed by atoms with Gasteiger partial charge in [0.1, 0.15) is 28.2 Å². The third kappa shape index (κ3) is 4.42. The Labute approximate surface area is 168 Å². The third-order valence-corrected chi connectivity index (χ3v) is 5.18. The average molecular weight is 393 g/mol. The minimum Gasteiger partial charge on any atom is -0.507 e. The molecular formula is C23H23NO5. The number of nitrogens with one attached hydrogen (secondary N) is 1. The molecule has 0 saturated heterocycles. The Morgan fingerprint density at radius 3 is 2.62 bits per heavy atom. The lowest BCUT2D eigenvalue weighted by molar-refractivity contribution is -0.124. The average Bonchev–Trinajstić information content (AvgIpc) is 2.73. The van der Waals surface area contributed by atoms with Crippen LogP contribution in [0.25, 0.3) is 22.3 Å². The molecular weight excluding hydrogens is 370 g/mol. The van der Waals surface area contributed by atoms with Crippen LogP contribution < -0.4 is 15.5 Å². The quantitative estimate of drug-likeness (QED) is 0.684. The van der Waals surface area contributed by atoms with E-state index in [0.29, 0.717) is 5.76 Å². The van der Waals surface area contributed by atoms with Gasteiger partial charge in [-0.1, -0.05) is 49.6 Å². The summed E-state index contributed by atoms with van der Waals surface area (Å²) in [7, 11) is 0. The van der Waals surface area contributed by atoms with Crippen molar-refractivity contribution >= 4 is 16.9 Å². The Balaban J connectivity index is 1.54. The smallest absolute Gasteiger partial charge is 0.258 e. The number of ether oxygens (including phenoxy) is 1. The molecule has 1 aliphatic carbocycles. The zero-order chi connectivity index (χ0) is 20.2. The first-order valence-corrected chi connectivity index (χ1v) is 9.88. The second-order valence-corrected chi connectivity index (χ2v) is 7.35. The minimum absolute atomic E-state index is 0.0867. The third-order valence-electron chi connectivity index (χ3n) is 5.18. The van der Waals surface area contributed by atoms with Crippen LogP contribution in [0.1, 0.15) is 32.1 Å². The summed E-state index contributed by atoms with van der Waals surface area (Å²) in [5.74, 6) is 0.228. The normalized spacial score (nSPS) is 14.6. The maximum Gasteiger partial charge on any atom is 0.258 e. The molecule has 0 aliphatic heterocycles. The molecule has 150 valence electrons. The monoisotopic (exact) mass is 393 g/mol. The van der Waals surface area contributed by atoms with Crippen molar-refractivity contribution in [3.63, 3.8) is 0 Å². The van der Waals surface area contributed by atoms with Crippen LogP contribution in [0.4, 0.5) is 0 Å². The van der Waals surface area contributed by atoms with E-state index in [2.05, 4.69) is 5.32 Å². The lowest BCUT2D eigenvalue weighted by Gasteiger charge is -2.22. The van der Waals surface area contributed by atoms with E-state index in [9.17, 15) is 14.7 Å². The van der Waals surface area contributed by atoms with Gasteiger partial charge in [-0.3, -0.25) is 9.59 Å². The van der Waals surface area contributed by atoms with Crippen LogP contribution in [-0.4, -0.2) is 23.7 Å². The Bertz CT molecular complexity index is 1070. The highest BCUT2D eigenvalue weighted by Crippen LogP contribution is 2.31. The maximum absolute atomic E-state index is 12.5. The summed E-state index contributed by atoms with van der Waals surface area (Å²) >= 11 is 0. The molecule has 1 amide bonds. The second-order valence-electron chi connectivity index (χ2n) is 7.35. The van der Waals surface area contributed by atoms with Crippen LogP contribution in [-0.2, 0) is 4.79 Å². The highest BCUT2D eigenvalue weighted by Gasteiger charge is 2.17. The molecule has 1 saturated carbocycles. The van der Waals surface area contributed by atoms with Crippen molar-refractivity contribution in [1.82, 2.24) is 5.32 Å². The topological polar surface area (TPSA) is 88.8 Å². The number of rotatable bonds is 5. The molecule has 1 heterocycles. The van der Waals surface area contributed by atoms with Gasteiger partial charge in [0.15, 0.2) is 12.0 Å². The minimum atomic E-state index is -0.343. The molecule has 6 nitrogen and oxygen atoms in total. The van der Waals surface area contributed by atoms with Crippen LogP contribution in [0.3, 0.4) is 0 Å². The molecule has 3 aromatic rings. The SMILES string of the molecule is O=C(COc1cc(O)c2c(=O)cc(-c3ccccc3)oc2c1)NC1CCCCC1. The molecule has 2 N–H and O–H groups in total. The van der Waals surface area contributed by atoms with E-state index in [-0.39, 0.29) is 46.5 Å². The Hall–Kier alpha value is -3.28. The van der Waals surface area contributed by atoms with Crippen LogP contribution in [0.2, 0.25) is 0 Å². The van der Waals surface area contributed by atoms with E-state index in [4.69, 9.17) is 9.15 Å². The van der Waals surface area contributed by atoms with Gasteiger partial charge in [0.25, 0.3) is 5.91 Å². The fourth-order valence-electron chi connectivity index (χ4n) is 3.74. The lowest BCUT2D eigenvalue weighted by atomic mass is 9.95. The fourth-order valence-corrected chi connectivity index (χ4v) is 3.74. The Morgan fingerprint density at radius 1 is 1.10 bits per heavy atom. The van der Waals surface area contributed by atoms with E-state index >= 15 is 0 Å². The van der Waals surface area contributed by atoms with Crippen molar-refractivity contribution in [2.24, 2.45) is 0 Å². The summed E-state index contributed by atoms with van der Waals surface area (Å²) in [6.45, 7) is -0.163. The van der Waals surface area contributed by atoms with E-state index in [1.807, 2.05) is 30.3 Å². The number of carbonyl (C=O) groups is 1. The zero-order valence-corrected chi connectivity index (χ0v) is 16.0. The zero-order valence-electron chi connectivity index (χ0n) is 16.0. The number of benzene rings is 2. The second kappa shape index (κ2) is 8.39. The maximum atomic E-state index is 12.5. The van der Waals surface area contributed by atoms with E-state index in [1.165, 1.54) is 24.6 Å². The van der Waals surface area contributed by atoms with Crippen molar-refractivity contribution in [2.45, 2.75) is 38.1 Å². The number of amides is 1. The number of hydrogen-bond donors (Lipinski definition) is 2. The van der Waals surface area contributed by atoms with Crippen LogP contribution in [0.5, 0.6) is 11.5 Å². The standard InChI is InChI=1S/C23H23NO5/c25-18-11-17(28-14-22(27)24-16-9-5-2-6-10-16)12-21-23(18)19(26)13-20(29-21)15-7-3-1-4-8-15/h1,3-4,7-8,11-13,16,25H,2,5-6,9-10,14H2,(H,24,27). The number of phenolic OH excluding ortho intramolecular Hbond substituents is 1. The first-order chi connectivity index (χ1) is 14.1. The molecule has 0 atom stereocenters.